The fourth-order valence-electron chi connectivity index (χ4n) is 1.39. The van der Waals surface area contributed by atoms with Crippen LogP contribution in [0.2, 0.25) is 0 Å². The maximum atomic E-state index is 11.1. The summed E-state index contributed by atoms with van der Waals surface area (Å²) in [6.45, 7) is 4.59. The van der Waals surface area contributed by atoms with Gasteiger partial charge in [-0.3, -0.25) is 4.21 Å². The highest BCUT2D eigenvalue weighted by Crippen LogP contribution is 2.14. The largest absolute Gasteiger partial charge is 0.478 e. The van der Waals surface area contributed by atoms with Gasteiger partial charge >= 0.3 is 5.97 Å². The Labute approximate surface area is 103 Å². The van der Waals surface area contributed by atoms with Crippen LogP contribution in [0.4, 0.5) is 0 Å². The summed E-state index contributed by atoms with van der Waals surface area (Å²) < 4.78 is 16.4. The number of carboxylic acids is 1. The molecule has 1 heterocycles. The monoisotopic (exact) mass is 259 g/mol. The fourth-order valence-corrected chi connectivity index (χ4v) is 2.05. The van der Waals surface area contributed by atoms with Gasteiger partial charge in [0.1, 0.15) is 17.1 Å². The Morgan fingerprint density at radius 1 is 1.59 bits per heavy atom. The highest BCUT2D eigenvalue weighted by Gasteiger charge is 2.13. The Morgan fingerprint density at radius 2 is 2.29 bits per heavy atom. The van der Waals surface area contributed by atoms with E-state index in [4.69, 9.17) is 9.52 Å². The molecule has 17 heavy (non-hydrogen) atoms. The van der Waals surface area contributed by atoms with Crippen molar-refractivity contribution in [3.63, 3.8) is 0 Å². The number of hydrogen-bond donors (Lipinski definition) is 2. The van der Waals surface area contributed by atoms with Crippen LogP contribution < -0.4 is 5.32 Å². The molecule has 6 heteroatoms. The van der Waals surface area contributed by atoms with Crippen molar-refractivity contribution < 1.29 is 18.5 Å². The minimum Gasteiger partial charge on any atom is -0.478 e. The second kappa shape index (κ2) is 6.56. The first-order chi connectivity index (χ1) is 8.04. The number of aryl methyl sites for hydroxylation is 1. The zero-order valence-electron chi connectivity index (χ0n) is 9.99. The summed E-state index contributed by atoms with van der Waals surface area (Å²) in [5.74, 6) is 1.27. The lowest BCUT2D eigenvalue weighted by Gasteiger charge is -2.01. The molecule has 1 rings (SSSR count). The zero-order chi connectivity index (χ0) is 12.8. The first-order valence-corrected chi connectivity index (χ1v) is 6.91. The van der Waals surface area contributed by atoms with E-state index in [2.05, 4.69) is 5.32 Å². The van der Waals surface area contributed by atoms with Gasteiger partial charge < -0.3 is 14.8 Å². The van der Waals surface area contributed by atoms with Gasteiger partial charge in [-0.25, -0.2) is 4.79 Å². The summed E-state index contributed by atoms with van der Waals surface area (Å²) in [4.78, 5) is 10.8. The van der Waals surface area contributed by atoms with Crippen LogP contribution in [0.1, 0.15) is 28.8 Å². The first-order valence-electron chi connectivity index (χ1n) is 5.43. The van der Waals surface area contributed by atoms with Crippen molar-refractivity contribution >= 4 is 16.8 Å². The second-order valence-electron chi connectivity index (χ2n) is 3.60. The number of hydrogen-bond acceptors (Lipinski definition) is 4. The smallest absolute Gasteiger partial charge is 0.339 e. The van der Waals surface area contributed by atoms with Gasteiger partial charge in [0.15, 0.2) is 0 Å². The minimum absolute atomic E-state index is 0.193. The SMILES string of the molecule is CCS(=O)CCNCc1cc(C(=O)O)c(C)o1. The van der Waals surface area contributed by atoms with Gasteiger partial charge in [-0.15, -0.1) is 0 Å². The standard InChI is InChI=1S/C11H17NO4S/c1-3-17(15)5-4-12-7-9-6-10(11(13)14)8(2)16-9/h6,12H,3-5,7H2,1-2H3,(H,13,14). The molecule has 0 aliphatic carbocycles. The maximum absolute atomic E-state index is 11.1. The van der Waals surface area contributed by atoms with E-state index < -0.39 is 16.8 Å². The van der Waals surface area contributed by atoms with E-state index in [1.54, 1.807) is 6.92 Å². The maximum Gasteiger partial charge on any atom is 0.339 e. The van der Waals surface area contributed by atoms with Crippen molar-refractivity contribution in [2.75, 3.05) is 18.1 Å². The van der Waals surface area contributed by atoms with Gasteiger partial charge in [-0.1, -0.05) is 6.92 Å². The topological polar surface area (TPSA) is 79.5 Å². The molecule has 0 aromatic carbocycles. The Morgan fingerprint density at radius 3 is 2.82 bits per heavy atom. The molecular formula is C11H17NO4S. The predicted octanol–water partition coefficient (Wildman–Crippen LogP) is 1.14. The molecule has 0 aliphatic rings. The van der Waals surface area contributed by atoms with E-state index in [1.165, 1.54) is 6.07 Å². The number of nitrogens with one attached hydrogen (secondary N) is 1. The molecule has 0 radical (unpaired) electrons. The Bertz CT molecular complexity index is 414. The van der Waals surface area contributed by atoms with Crippen LogP contribution in [0.3, 0.4) is 0 Å². The van der Waals surface area contributed by atoms with Crippen molar-refractivity contribution in [2.24, 2.45) is 0 Å². The number of furan rings is 1. The molecule has 0 bridgehead atoms. The lowest BCUT2D eigenvalue weighted by atomic mass is 10.2. The summed E-state index contributed by atoms with van der Waals surface area (Å²) in [6.07, 6.45) is 0. The molecule has 0 spiro atoms. The van der Waals surface area contributed by atoms with E-state index in [-0.39, 0.29) is 5.56 Å². The minimum atomic E-state index is -0.982. The van der Waals surface area contributed by atoms with Crippen molar-refractivity contribution in [3.8, 4) is 0 Å². The molecule has 0 saturated heterocycles. The lowest BCUT2D eigenvalue weighted by Crippen LogP contribution is -2.20. The van der Waals surface area contributed by atoms with Crippen LogP contribution in [0.15, 0.2) is 10.5 Å². The van der Waals surface area contributed by atoms with E-state index in [0.29, 0.717) is 36.1 Å². The van der Waals surface area contributed by atoms with Gasteiger partial charge in [-0.2, -0.15) is 0 Å². The predicted molar refractivity (Wildman–Crippen MR) is 65.7 cm³/mol. The molecular weight excluding hydrogens is 242 g/mol. The van der Waals surface area contributed by atoms with Crippen molar-refractivity contribution in [1.82, 2.24) is 5.32 Å². The summed E-state index contributed by atoms with van der Waals surface area (Å²) >= 11 is 0. The number of aromatic carboxylic acids is 1. The molecule has 1 aromatic rings. The Hall–Kier alpha value is -1.14. The lowest BCUT2D eigenvalue weighted by molar-refractivity contribution is 0.0695. The van der Waals surface area contributed by atoms with Crippen LogP contribution >= 0.6 is 0 Å². The third-order valence-corrected chi connectivity index (χ3v) is 3.63. The average Bonchev–Trinajstić information content (AvgIpc) is 2.65. The second-order valence-corrected chi connectivity index (χ2v) is 5.46. The van der Waals surface area contributed by atoms with Gasteiger partial charge in [0, 0.05) is 28.9 Å². The van der Waals surface area contributed by atoms with E-state index in [0.717, 1.165) is 0 Å². The van der Waals surface area contributed by atoms with Crippen LogP contribution in [-0.2, 0) is 17.3 Å². The molecule has 2 N–H and O–H groups in total. The normalized spacial score (nSPS) is 12.6. The van der Waals surface area contributed by atoms with E-state index in [9.17, 15) is 9.00 Å². The number of carboxylic acid groups (broad SMARTS) is 1. The Balaban J connectivity index is 2.40. The average molecular weight is 259 g/mol. The van der Waals surface area contributed by atoms with Crippen molar-refractivity contribution in [1.29, 1.82) is 0 Å². The summed E-state index contributed by atoms with van der Waals surface area (Å²) in [5, 5.41) is 11.9. The Kier molecular flexibility index (Phi) is 5.37. The molecule has 96 valence electrons. The molecule has 1 aromatic heterocycles. The van der Waals surface area contributed by atoms with Gasteiger partial charge in [0.05, 0.1) is 6.54 Å². The molecule has 0 amide bonds. The summed E-state index contributed by atoms with van der Waals surface area (Å²) in [7, 11) is -0.779. The molecule has 1 unspecified atom stereocenters. The van der Waals surface area contributed by atoms with Crippen LogP contribution in [0.25, 0.3) is 0 Å². The van der Waals surface area contributed by atoms with Crippen LogP contribution in [0, 0.1) is 6.92 Å². The highest BCUT2D eigenvalue weighted by molar-refractivity contribution is 7.84. The third-order valence-electron chi connectivity index (χ3n) is 2.33. The van der Waals surface area contributed by atoms with Crippen molar-refractivity contribution in [2.45, 2.75) is 20.4 Å². The van der Waals surface area contributed by atoms with E-state index >= 15 is 0 Å². The van der Waals surface area contributed by atoms with Gasteiger partial charge in [0.2, 0.25) is 0 Å². The zero-order valence-corrected chi connectivity index (χ0v) is 10.8. The fraction of sp³-hybridized carbons (Fsp3) is 0.545. The molecule has 0 fully saturated rings. The van der Waals surface area contributed by atoms with Gasteiger partial charge in [-0.05, 0) is 13.0 Å². The van der Waals surface area contributed by atoms with Crippen LogP contribution in [0.5, 0.6) is 0 Å². The quantitative estimate of drug-likeness (QED) is 0.718. The molecule has 0 aliphatic heterocycles. The number of carbonyl (C=O) groups is 1. The molecule has 0 saturated carbocycles. The highest BCUT2D eigenvalue weighted by atomic mass is 32.2. The van der Waals surface area contributed by atoms with Crippen molar-refractivity contribution in [3.05, 3.63) is 23.2 Å². The first kappa shape index (κ1) is 13.9. The van der Waals surface area contributed by atoms with E-state index in [1.807, 2.05) is 6.92 Å². The van der Waals surface area contributed by atoms with Crippen LogP contribution in [-0.4, -0.2) is 33.3 Å². The molecule has 5 nitrogen and oxygen atoms in total. The molecule has 1 atom stereocenters. The van der Waals surface area contributed by atoms with Gasteiger partial charge in [0.25, 0.3) is 0 Å². The number of rotatable bonds is 7. The summed E-state index contributed by atoms with van der Waals surface area (Å²) in [5.41, 5.74) is 0.193. The summed E-state index contributed by atoms with van der Waals surface area (Å²) in [6, 6.07) is 1.52. The third kappa shape index (κ3) is 4.32.